The first-order chi connectivity index (χ1) is 8.93. The van der Waals surface area contributed by atoms with Gasteiger partial charge in [-0.25, -0.2) is 0 Å². The molecule has 0 bridgehead atoms. The first-order valence-corrected chi connectivity index (χ1v) is 7.26. The van der Waals surface area contributed by atoms with E-state index in [1.165, 1.54) is 24.3 Å². The second kappa shape index (κ2) is 7.06. The summed E-state index contributed by atoms with van der Waals surface area (Å²) >= 11 is 0. The van der Waals surface area contributed by atoms with Crippen LogP contribution in [0.15, 0.2) is 41.8 Å². The van der Waals surface area contributed by atoms with Crippen LogP contribution in [-0.2, 0) is 14.9 Å². The Hall–Kier alpha value is -1.66. The van der Waals surface area contributed by atoms with E-state index in [1.807, 2.05) is 0 Å². The Morgan fingerprint density at radius 1 is 1.26 bits per heavy atom. The lowest BCUT2D eigenvalue weighted by Gasteiger charge is -2.04. The van der Waals surface area contributed by atoms with E-state index in [0.29, 0.717) is 12.8 Å². The molecule has 0 saturated heterocycles. The lowest BCUT2D eigenvalue weighted by atomic mass is 10.2. The van der Waals surface area contributed by atoms with Gasteiger partial charge in [-0.3, -0.25) is 9.35 Å². The van der Waals surface area contributed by atoms with Gasteiger partial charge >= 0.3 is 5.97 Å². The monoisotopic (exact) mass is 284 g/mol. The SMILES string of the molecule is C=CCCCCC(=O)Oc1ccc(S(=O)(=O)O)cc1. The molecular weight excluding hydrogens is 268 g/mol. The summed E-state index contributed by atoms with van der Waals surface area (Å²) in [5, 5.41) is 0. The van der Waals surface area contributed by atoms with Crippen molar-refractivity contribution < 1.29 is 22.5 Å². The maximum absolute atomic E-state index is 11.4. The zero-order chi connectivity index (χ0) is 14.3. The van der Waals surface area contributed by atoms with Crippen LogP contribution in [0.5, 0.6) is 5.75 Å². The summed E-state index contributed by atoms with van der Waals surface area (Å²) in [5.74, 6) is -0.121. The van der Waals surface area contributed by atoms with Crippen LogP contribution in [0, 0.1) is 0 Å². The van der Waals surface area contributed by atoms with Gasteiger partial charge in [0.2, 0.25) is 0 Å². The number of carbonyl (C=O) groups is 1. The summed E-state index contributed by atoms with van der Waals surface area (Å²) in [7, 11) is -4.22. The van der Waals surface area contributed by atoms with Crippen LogP contribution in [0.3, 0.4) is 0 Å². The molecule has 0 heterocycles. The van der Waals surface area contributed by atoms with Crippen LogP contribution in [-0.4, -0.2) is 18.9 Å². The summed E-state index contributed by atoms with van der Waals surface area (Å²) in [6.45, 7) is 3.59. The summed E-state index contributed by atoms with van der Waals surface area (Å²) in [6, 6.07) is 5.00. The Labute approximate surface area is 112 Å². The molecule has 0 aliphatic heterocycles. The van der Waals surface area contributed by atoms with E-state index in [1.54, 1.807) is 6.08 Å². The maximum atomic E-state index is 11.4. The smallest absolute Gasteiger partial charge is 0.311 e. The van der Waals surface area contributed by atoms with Gasteiger partial charge in [-0.05, 0) is 43.5 Å². The molecule has 1 rings (SSSR count). The first kappa shape index (κ1) is 15.4. The van der Waals surface area contributed by atoms with Crippen molar-refractivity contribution >= 4 is 16.1 Å². The third-order valence-corrected chi connectivity index (χ3v) is 3.26. The molecule has 0 unspecified atom stereocenters. The third-order valence-electron chi connectivity index (χ3n) is 2.39. The van der Waals surface area contributed by atoms with Gasteiger partial charge in [-0.2, -0.15) is 8.42 Å². The second-order valence-corrected chi connectivity index (χ2v) is 5.38. The predicted molar refractivity (Wildman–Crippen MR) is 70.6 cm³/mol. The van der Waals surface area contributed by atoms with Crippen LogP contribution >= 0.6 is 0 Å². The number of allylic oxidation sites excluding steroid dienone is 1. The average molecular weight is 284 g/mol. The van der Waals surface area contributed by atoms with Crippen LogP contribution < -0.4 is 4.74 Å². The van der Waals surface area contributed by atoms with Gasteiger partial charge in [0.25, 0.3) is 10.1 Å². The molecule has 104 valence electrons. The number of hydrogen-bond donors (Lipinski definition) is 1. The van der Waals surface area contributed by atoms with Crippen molar-refractivity contribution in [3.8, 4) is 5.75 Å². The minimum absolute atomic E-state index is 0.238. The molecule has 1 aromatic rings. The van der Waals surface area contributed by atoms with Gasteiger partial charge in [0.05, 0.1) is 4.90 Å². The zero-order valence-electron chi connectivity index (χ0n) is 10.4. The number of esters is 1. The van der Waals surface area contributed by atoms with E-state index in [9.17, 15) is 13.2 Å². The van der Waals surface area contributed by atoms with Crippen molar-refractivity contribution in [3.05, 3.63) is 36.9 Å². The minimum Gasteiger partial charge on any atom is -0.427 e. The summed E-state index contributed by atoms with van der Waals surface area (Å²) in [5.41, 5.74) is 0. The van der Waals surface area contributed by atoms with E-state index in [0.717, 1.165) is 12.8 Å². The molecule has 0 atom stereocenters. The van der Waals surface area contributed by atoms with Crippen molar-refractivity contribution in [2.45, 2.75) is 30.6 Å². The normalized spacial score (nSPS) is 11.0. The largest absolute Gasteiger partial charge is 0.427 e. The molecule has 0 radical (unpaired) electrons. The highest BCUT2D eigenvalue weighted by Crippen LogP contribution is 2.16. The van der Waals surface area contributed by atoms with Gasteiger partial charge in [0, 0.05) is 6.42 Å². The number of benzene rings is 1. The van der Waals surface area contributed by atoms with E-state index in [2.05, 4.69) is 6.58 Å². The number of ether oxygens (including phenoxy) is 1. The number of carbonyl (C=O) groups excluding carboxylic acids is 1. The molecule has 19 heavy (non-hydrogen) atoms. The van der Waals surface area contributed by atoms with Crippen molar-refractivity contribution in [3.63, 3.8) is 0 Å². The van der Waals surface area contributed by atoms with Crippen molar-refractivity contribution in [1.29, 1.82) is 0 Å². The lowest BCUT2D eigenvalue weighted by Crippen LogP contribution is -2.07. The second-order valence-electron chi connectivity index (χ2n) is 3.95. The maximum Gasteiger partial charge on any atom is 0.311 e. The van der Waals surface area contributed by atoms with Crippen molar-refractivity contribution in [1.82, 2.24) is 0 Å². The van der Waals surface area contributed by atoms with Crippen molar-refractivity contribution in [2.24, 2.45) is 0 Å². The van der Waals surface area contributed by atoms with E-state index in [-0.39, 0.29) is 16.6 Å². The first-order valence-electron chi connectivity index (χ1n) is 5.82. The molecule has 0 amide bonds. The Balaban J connectivity index is 2.49. The fourth-order valence-electron chi connectivity index (χ4n) is 1.42. The molecule has 0 fully saturated rings. The predicted octanol–water partition coefficient (Wildman–Crippen LogP) is 2.59. The molecule has 0 saturated carbocycles. The van der Waals surface area contributed by atoms with Gasteiger partial charge < -0.3 is 4.74 Å². The third kappa shape index (κ3) is 5.67. The molecule has 0 aromatic heterocycles. The van der Waals surface area contributed by atoms with E-state index >= 15 is 0 Å². The highest BCUT2D eigenvalue weighted by atomic mass is 32.2. The topological polar surface area (TPSA) is 80.7 Å². The van der Waals surface area contributed by atoms with Crippen molar-refractivity contribution in [2.75, 3.05) is 0 Å². The highest BCUT2D eigenvalue weighted by Gasteiger charge is 2.10. The quantitative estimate of drug-likeness (QED) is 0.274. The zero-order valence-corrected chi connectivity index (χ0v) is 11.2. The number of unbranched alkanes of at least 4 members (excludes halogenated alkanes) is 2. The summed E-state index contributed by atoms with van der Waals surface area (Å²) in [6.07, 6.45) is 4.54. The Morgan fingerprint density at radius 3 is 2.42 bits per heavy atom. The van der Waals surface area contributed by atoms with Crippen LogP contribution in [0.1, 0.15) is 25.7 Å². The van der Waals surface area contributed by atoms with Gasteiger partial charge in [0.15, 0.2) is 0 Å². The molecule has 0 aliphatic rings. The fourth-order valence-corrected chi connectivity index (χ4v) is 1.90. The summed E-state index contributed by atoms with van der Waals surface area (Å²) in [4.78, 5) is 11.2. The van der Waals surface area contributed by atoms with Crippen LogP contribution in [0.25, 0.3) is 0 Å². The van der Waals surface area contributed by atoms with Gasteiger partial charge in [0.1, 0.15) is 5.75 Å². The molecular formula is C13H16O5S. The molecule has 0 aliphatic carbocycles. The molecule has 1 N–H and O–H groups in total. The van der Waals surface area contributed by atoms with E-state index < -0.39 is 10.1 Å². The molecule has 5 nitrogen and oxygen atoms in total. The fraction of sp³-hybridized carbons (Fsp3) is 0.308. The number of rotatable bonds is 7. The minimum atomic E-state index is -4.22. The standard InChI is InChI=1S/C13H16O5S/c1-2-3-4-5-6-13(14)18-11-7-9-12(10-8-11)19(15,16)17/h2,7-10H,1,3-6H2,(H,15,16,17). The van der Waals surface area contributed by atoms with Gasteiger partial charge in [-0.1, -0.05) is 6.08 Å². The Bertz CT molecular complexity index is 531. The average Bonchev–Trinajstić information content (AvgIpc) is 2.34. The van der Waals surface area contributed by atoms with Gasteiger partial charge in [-0.15, -0.1) is 6.58 Å². The highest BCUT2D eigenvalue weighted by molar-refractivity contribution is 7.85. The molecule has 1 aromatic carbocycles. The van der Waals surface area contributed by atoms with Crippen LogP contribution in [0.2, 0.25) is 0 Å². The Morgan fingerprint density at radius 2 is 1.89 bits per heavy atom. The van der Waals surface area contributed by atoms with E-state index in [4.69, 9.17) is 9.29 Å². The summed E-state index contributed by atoms with van der Waals surface area (Å²) < 4.78 is 35.4. The number of hydrogen-bond acceptors (Lipinski definition) is 4. The van der Waals surface area contributed by atoms with Crippen LogP contribution in [0.4, 0.5) is 0 Å². The molecule has 0 spiro atoms. The lowest BCUT2D eigenvalue weighted by molar-refractivity contribution is -0.134. The molecule has 6 heteroatoms. The Kier molecular flexibility index (Phi) is 5.72.